The lowest BCUT2D eigenvalue weighted by molar-refractivity contribution is 0.0886. The molecule has 3 nitrogen and oxygen atoms in total. The average molecular weight is 333 g/mol. The molecular weight excluding hydrogens is 292 g/mol. The molecule has 0 aromatic rings. The molecular formula is C18H40O3Si. The van der Waals surface area contributed by atoms with Gasteiger partial charge in [-0.05, 0) is 19.3 Å². The molecule has 0 aliphatic heterocycles. The SMILES string of the molecule is CCCCCCO[SiH](OCCCCCC)OCCCCCC. The summed E-state index contributed by atoms with van der Waals surface area (Å²) in [6.07, 6.45) is 14.9. The van der Waals surface area contributed by atoms with Crippen LogP contribution < -0.4 is 0 Å². The topological polar surface area (TPSA) is 27.7 Å². The zero-order chi connectivity index (χ0) is 16.3. The van der Waals surface area contributed by atoms with E-state index in [0.29, 0.717) is 0 Å². The third-order valence-corrected chi connectivity index (χ3v) is 5.28. The molecule has 0 fully saturated rings. The van der Waals surface area contributed by atoms with Gasteiger partial charge >= 0.3 is 9.53 Å². The summed E-state index contributed by atoms with van der Waals surface area (Å²) in [5, 5.41) is 0. The Morgan fingerprint density at radius 2 is 0.773 bits per heavy atom. The summed E-state index contributed by atoms with van der Waals surface area (Å²) >= 11 is 0. The highest BCUT2D eigenvalue weighted by Crippen LogP contribution is 2.05. The fourth-order valence-corrected chi connectivity index (χ4v) is 3.64. The molecule has 0 bridgehead atoms. The predicted molar refractivity (Wildman–Crippen MR) is 97.4 cm³/mol. The minimum absolute atomic E-state index is 0.806. The molecule has 0 rings (SSSR count). The number of hydrogen-bond donors (Lipinski definition) is 0. The van der Waals surface area contributed by atoms with E-state index in [1.54, 1.807) is 0 Å². The standard InChI is InChI=1S/C18H40O3Si/c1-4-7-10-13-16-19-22(20-17-14-11-8-5-2)21-18-15-12-9-6-3/h22H,4-18H2,1-3H3. The van der Waals surface area contributed by atoms with Crippen molar-refractivity contribution in [1.82, 2.24) is 0 Å². The van der Waals surface area contributed by atoms with E-state index in [1.165, 1.54) is 57.8 Å². The first-order valence-corrected chi connectivity index (χ1v) is 11.1. The van der Waals surface area contributed by atoms with E-state index in [4.69, 9.17) is 13.3 Å². The van der Waals surface area contributed by atoms with Gasteiger partial charge in [0.1, 0.15) is 0 Å². The van der Waals surface area contributed by atoms with Crippen molar-refractivity contribution < 1.29 is 13.3 Å². The van der Waals surface area contributed by atoms with Crippen molar-refractivity contribution in [3.8, 4) is 0 Å². The Kier molecular flexibility index (Phi) is 19.2. The Morgan fingerprint density at radius 3 is 1.05 bits per heavy atom. The maximum Gasteiger partial charge on any atom is 0.484 e. The van der Waals surface area contributed by atoms with Gasteiger partial charge in [-0.3, -0.25) is 0 Å². The van der Waals surface area contributed by atoms with Gasteiger partial charge in [0.15, 0.2) is 0 Å². The van der Waals surface area contributed by atoms with E-state index in [1.807, 2.05) is 0 Å². The number of unbranched alkanes of at least 4 members (excludes halogenated alkanes) is 9. The fourth-order valence-electron chi connectivity index (χ4n) is 2.27. The van der Waals surface area contributed by atoms with Crippen LogP contribution in [-0.2, 0) is 13.3 Å². The minimum atomic E-state index is -1.89. The van der Waals surface area contributed by atoms with E-state index in [9.17, 15) is 0 Å². The smallest absolute Gasteiger partial charge is 0.376 e. The highest BCUT2D eigenvalue weighted by Gasteiger charge is 2.14. The van der Waals surface area contributed by atoms with Crippen LogP contribution in [0.1, 0.15) is 97.8 Å². The monoisotopic (exact) mass is 332 g/mol. The van der Waals surface area contributed by atoms with Crippen LogP contribution in [0.5, 0.6) is 0 Å². The van der Waals surface area contributed by atoms with E-state index in [2.05, 4.69) is 20.8 Å². The van der Waals surface area contributed by atoms with Crippen molar-refractivity contribution in [2.24, 2.45) is 0 Å². The van der Waals surface area contributed by atoms with E-state index in [-0.39, 0.29) is 0 Å². The van der Waals surface area contributed by atoms with Gasteiger partial charge in [-0.25, -0.2) is 0 Å². The fraction of sp³-hybridized carbons (Fsp3) is 1.00. The van der Waals surface area contributed by atoms with Gasteiger partial charge in [-0.2, -0.15) is 0 Å². The summed E-state index contributed by atoms with van der Waals surface area (Å²) < 4.78 is 17.7. The molecule has 0 heterocycles. The van der Waals surface area contributed by atoms with E-state index < -0.39 is 9.53 Å². The first-order valence-electron chi connectivity index (χ1n) is 9.69. The van der Waals surface area contributed by atoms with Crippen LogP contribution in [0.3, 0.4) is 0 Å². The molecule has 0 N–H and O–H groups in total. The maximum absolute atomic E-state index is 5.90. The molecule has 4 heteroatoms. The lowest BCUT2D eigenvalue weighted by Gasteiger charge is -2.17. The van der Waals surface area contributed by atoms with Crippen LogP contribution in [0.4, 0.5) is 0 Å². The second-order valence-electron chi connectivity index (χ2n) is 6.08. The lowest BCUT2D eigenvalue weighted by Crippen LogP contribution is -2.28. The van der Waals surface area contributed by atoms with E-state index in [0.717, 1.165) is 39.1 Å². The van der Waals surface area contributed by atoms with Gasteiger partial charge in [-0.15, -0.1) is 0 Å². The third kappa shape index (κ3) is 16.5. The Balaban J connectivity index is 3.72. The summed E-state index contributed by atoms with van der Waals surface area (Å²) in [5.41, 5.74) is 0. The molecule has 134 valence electrons. The van der Waals surface area contributed by atoms with Crippen molar-refractivity contribution in [1.29, 1.82) is 0 Å². The normalized spacial score (nSPS) is 11.5. The van der Waals surface area contributed by atoms with Crippen molar-refractivity contribution in [2.45, 2.75) is 97.8 Å². The van der Waals surface area contributed by atoms with Crippen molar-refractivity contribution >= 4 is 9.53 Å². The molecule has 0 radical (unpaired) electrons. The van der Waals surface area contributed by atoms with Crippen molar-refractivity contribution in [3.63, 3.8) is 0 Å². The van der Waals surface area contributed by atoms with E-state index >= 15 is 0 Å². The number of hydrogen-bond acceptors (Lipinski definition) is 3. The second-order valence-corrected chi connectivity index (χ2v) is 7.66. The zero-order valence-electron chi connectivity index (χ0n) is 15.4. The summed E-state index contributed by atoms with van der Waals surface area (Å²) in [4.78, 5) is 0. The largest absolute Gasteiger partial charge is 0.484 e. The van der Waals surface area contributed by atoms with Gasteiger partial charge in [-0.1, -0.05) is 78.6 Å². The van der Waals surface area contributed by atoms with Crippen LogP contribution in [-0.4, -0.2) is 29.3 Å². The van der Waals surface area contributed by atoms with Crippen LogP contribution in [0.25, 0.3) is 0 Å². The maximum atomic E-state index is 5.90. The van der Waals surface area contributed by atoms with Crippen molar-refractivity contribution in [3.05, 3.63) is 0 Å². The molecule has 0 aromatic carbocycles. The minimum Gasteiger partial charge on any atom is -0.376 e. The number of rotatable bonds is 18. The third-order valence-electron chi connectivity index (χ3n) is 3.76. The van der Waals surface area contributed by atoms with Gasteiger partial charge < -0.3 is 13.3 Å². The first kappa shape index (κ1) is 22.1. The van der Waals surface area contributed by atoms with Crippen LogP contribution in [0.2, 0.25) is 0 Å². The van der Waals surface area contributed by atoms with Crippen LogP contribution in [0, 0.1) is 0 Å². The molecule has 0 saturated carbocycles. The Labute approximate surface area is 141 Å². The Bertz CT molecular complexity index is 169. The summed E-state index contributed by atoms with van der Waals surface area (Å²) in [6.45, 7) is 9.12. The molecule has 0 aliphatic rings. The molecule has 0 saturated heterocycles. The first-order chi connectivity index (χ1) is 10.8. The molecule has 0 spiro atoms. The molecule has 0 atom stereocenters. The van der Waals surface area contributed by atoms with Gasteiger partial charge in [0.2, 0.25) is 0 Å². The Morgan fingerprint density at radius 1 is 0.455 bits per heavy atom. The van der Waals surface area contributed by atoms with Crippen LogP contribution in [0.15, 0.2) is 0 Å². The lowest BCUT2D eigenvalue weighted by atomic mass is 10.2. The highest BCUT2D eigenvalue weighted by atomic mass is 28.3. The van der Waals surface area contributed by atoms with Crippen molar-refractivity contribution in [2.75, 3.05) is 19.8 Å². The van der Waals surface area contributed by atoms with Crippen LogP contribution >= 0.6 is 0 Å². The summed E-state index contributed by atoms with van der Waals surface area (Å²) in [5.74, 6) is 0. The second kappa shape index (κ2) is 19.1. The summed E-state index contributed by atoms with van der Waals surface area (Å²) in [6, 6.07) is 0. The predicted octanol–water partition coefficient (Wildman–Crippen LogP) is 5.49. The summed E-state index contributed by atoms with van der Waals surface area (Å²) in [7, 11) is -1.89. The molecule has 0 amide bonds. The average Bonchev–Trinajstić information content (AvgIpc) is 2.53. The van der Waals surface area contributed by atoms with Gasteiger partial charge in [0.05, 0.1) is 0 Å². The molecule has 0 aromatic heterocycles. The highest BCUT2D eigenvalue weighted by molar-refractivity contribution is 6.36. The molecule has 0 unspecified atom stereocenters. The Hall–Kier alpha value is 0.0969. The van der Waals surface area contributed by atoms with Gasteiger partial charge in [0.25, 0.3) is 0 Å². The van der Waals surface area contributed by atoms with Gasteiger partial charge in [0, 0.05) is 19.8 Å². The zero-order valence-corrected chi connectivity index (χ0v) is 16.6. The quantitative estimate of drug-likeness (QED) is 0.245. The molecule has 0 aliphatic carbocycles. The molecule has 22 heavy (non-hydrogen) atoms.